The number of anilines is 1. The summed E-state index contributed by atoms with van der Waals surface area (Å²) in [6.07, 6.45) is 3.52. The quantitative estimate of drug-likeness (QED) is 0.537. The van der Waals surface area contributed by atoms with Gasteiger partial charge in [-0.1, -0.05) is 0 Å². The second kappa shape index (κ2) is 1.58. The van der Waals surface area contributed by atoms with Crippen LogP contribution in [0.4, 0.5) is 5.82 Å². The van der Waals surface area contributed by atoms with Gasteiger partial charge in [-0.05, 0) is 0 Å². The summed E-state index contributed by atoms with van der Waals surface area (Å²) < 4.78 is 1.84. The summed E-state index contributed by atoms with van der Waals surface area (Å²) in [6.45, 7) is 0.773. The Bertz CT molecular complexity index is 214. The van der Waals surface area contributed by atoms with Crippen molar-refractivity contribution in [1.82, 2.24) is 9.78 Å². The Morgan fingerprint density at radius 1 is 1.67 bits per heavy atom. The van der Waals surface area contributed by atoms with Crippen molar-refractivity contribution >= 4 is 12.0 Å². The molecule has 0 atom stereocenters. The molecule has 1 aromatic rings. The van der Waals surface area contributed by atoms with Gasteiger partial charge in [0.05, 0.1) is 12.7 Å². The van der Waals surface area contributed by atoms with Crippen LogP contribution in [-0.2, 0) is 6.54 Å². The third kappa shape index (κ3) is 0.595. The molecular formula is C5H6N4. The van der Waals surface area contributed by atoms with E-state index in [1.165, 1.54) is 0 Å². The number of hydrazone groups is 1. The number of nitrogens with zero attached hydrogens (tertiary/aromatic N) is 3. The average molecular weight is 122 g/mol. The fourth-order valence-corrected chi connectivity index (χ4v) is 0.803. The molecular weight excluding hydrogens is 116 g/mol. The van der Waals surface area contributed by atoms with E-state index in [2.05, 4.69) is 15.6 Å². The van der Waals surface area contributed by atoms with Crippen molar-refractivity contribution < 1.29 is 0 Å². The molecule has 1 N–H and O–H groups in total. The molecule has 0 spiro atoms. The lowest BCUT2D eigenvalue weighted by Crippen LogP contribution is -2.10. The van der Waals surface area contributed by atoms with Crippen LogP contribution in [0, 0.1) is 0 Å². The second-order valence-electron chi connectivity index (χ2n) is 1.82. The molecule has 0 bridgehead atoms. The molecule has 1 aliphatic heterocycles. The lowest BCUT2D eigenvalue weighted by Gasteiger charge is -2.06. The van der Waals surface area contributed by atoms with Crippen molar-refractivity contribution in [3.05, 3.63) is 12.3 Å². The van der Waals surface area contributed by atoms with E-state index in [1.54, 1.807) is 12.4 Å². The summed E-state index contributed by atoms with van der Waals surface area (Å²) in [4.78, 5) is 0. The summed E-state index contributed by atoms with van der Waals surface area (Å²) in [6, 6.07) is 1.89. The third-order valence-corrected chi connectivity index (χ3v) is 1.24. The normalized spacial score (nSPS) is 14.7. The molecule has 1 aromatic heterocycles. The van der Waals surface area contributed by atoms with Gasteiger partial charge in [0.1, 0.15) is 5.82 Å². The highest BCUT2D eigenvalue weighted by molar-refractivity contribution is 5.62. The van der Waals surface area contributed by atoms with Gasteiger partial charge < -0.3 is 0 Å². The number of aromatic nitrogens is 2. The predicted octanol–water partition coefficient (Wildman–Crippen LogP) is 0.294. The molecule has 2 heterocycles. The Morgan fingerprint density at radius 2 is 2.67 bits per heavy atom. The first-order valence-electron chi connectivity index (χ1n) is 2.76. The van der Waals surface area contributed by atoms with E-state index in [1.807, 2.05) is 10.7 Å². The van der Waals surface area contributed by atoms with E-state index >= 15 is 0 Å². The van der Waals surface area contributed by atoms with Crippen molar-refractivity contribution in [2.75, 3.05) is 5.43 Å². The molecule has 0 saturated heterocycles. The van der Waals surface area contributed by atoms with Crippen LogP contribution in [0.15, 0.2) is 17.4 Å². The van der Waals surface area contributed by atoms with Crippen LogP contribution in [-0.4, -0.2) is 16.0 Å². The minimum absolute atomic E-state index is 0.773. The number of hydrogen-bond donors (Lipinski definition) is 1. The van der Waals surface area contributed by atoms with E-state index < -0.39 is 0 Å². The first-order valence-corrected chi connectivity index (χ1v) is 2.76. The number of nitrogens with one attached hydrogen (secondary N) is 1. The van der Waals surface area contributed by atoms with Crippen molar-refractivity contribution in [3.63, 3.8) is 0 Å². The van der Waals surface area contributed by atoms with E-state index in [9.17, 15) is 0 Å². The van der Waals surface area contributed by atoms with Crippen LogP contribution < -0.4 is 5.43 Å². The molecule has 0 fully saturated rings. The van der Waals surface area contributed by atoms with Gasteiger partial charge in [-0.2, -0.15) is 10.2 Å². The zero-order valence-corrected chi connectivity index (χ0v) is 4.78. The predicted molar refractivity (Wildman–Crippen MR) is 34.3 cm³/mol. The standard InChI is InChI=1S/C5H6N4/c1-2-7-9-4-3-6-8-5(1)9/h1-3,8H,4H2. The molecule has 0 radical (unpaired) electrons. The van der Waals surface area contributed by atoms with E-state index in [0.29, 0.717) is 0 Å². The van der Waals surface area contributed by atoms with Gasteiger partial charge in [0.25, 0.3) is 0 Å². The first kappa shape index (κ1) is 4.55. The number of rotatable bonds is 0. The van der Waals surface area contributed by atoms with E-state index in [0.717, 1.165) is 12.4 Å². The SMILES string of the molecule is C1=NNc2ccnn2C1. The van der Waals surface area contributed by atoms with Gasteiger partial charge in [-0.15, -0.1) is 0 Å². The Morgan fingerprint density at radius 3 is 3.56 bits per heavy atom. The zero-order valence-electron chi connectivity index (χ0n) is 4.78. The van der Waals surface area contributed by atoms with Gasteiger partial charge >= 0.3 is 0 Å². The molecule has 4 heteroatoms. The number of fused-ring (bicyclic) bond motifs is 1. The fourth-order valence-electron chi connectivity index (χ4n) is 0.803. The zero-order chi connectivity index (χ0) is 6.10. The van der Waals surface area contributed by atoms with Crippen LogP contribution in [0.25, 0.3) is 0 Å². The van der Waals surface area contributed by atoms with Crippen LogP contribution in [0.3, 0.4) is 0 Å². The van der Waals surface area contributed by atoms with Gasteiger partial charge in [-0.3, -0.25) is 5.43 Å². The molecule has 0 unspecified atom stereocenters. The van der Waals surface area contributed by atoms with E-state index in [4.69, 9.17) is 0 Å². The van der Waals surface area contributed by atoms with Crippen molar-refractivity contribution in [2.45, 2.75) is 6.54 Å². The Labute approximate surface area is 52.2 Å². The highest BCUT2D eigenvalue weighted by atomic mass is 15.4. The lowest BCUT2D eigenvalue weighted by atomic mass is 10.6. The summed E-state index contributed by atoms with van der Waals surface area (Å²) in [5, 5.41) is 7.87. The summed E-state index contributed by atoms with van der Waals surface area (Å²) in [5.74, 6) is 0.956. The van der Waals surface area contributed by atoms with Gasteiger partial charge in [-0.25, -0.2) is 4.68 Å². The summed E-state index contributed by atoms with van der Waals surface area (Å²) in [5.41, 5.74) is 2.81. The fraction of sp³-hybridized carbons (Fsp3) is 0.200. The summed E-state index contributed by atoms with van der Waals surface area (Å²) >= 11 is 0. The number of hydrogen-bond acceptors (Lipinski definition) is 3. The Hall–Kier alpha value is -1.32. The van der Waals surface area contributed by atoms with Crippen LogP contribution in [0.1, 0.15) is 0 Å². The second-order valence-corrected chi connectivity index (χ2v) is 1.82. The molecule has 1 aliphatic rings. The molecule has 0 saturated carbocycles. The van der Waals surface area contributed by atoms with Crippen LogP contribution in [0.5, 0.6) is 0 Å². The highest BCUT2D eigenvalue weighted by Gasteiger charge is 2.01. The maximum atomic E-state index is 4.02. The Kier molecular flexibility index (Phi) is 0.798. The average Bonchev–Trinajstić information content (AvgIpc) is 2.33. The molecule has 9 heavy (non-hydrogen) atoms. The van der Waals surface area contributed by atoms with Crippen LogP contribution >= 0.6 is 0 Å². The molecule has 46 valence electrons. The van der Waals surface area contributed by atoms with Crippen molar-refractivity contribution in [1.29, 1.82) is 0 Å². The maximum absolute atomic E-state index is 4.02. The third-order valence-electron chi connectivity index (χ3n) is 1.24. The minimum atomic E-state index is 0.773. The topological polar surface area (TPSA) is 42.2 Å². The van der Waals surface area contributed by atoms with Gasteiger partial charge in [0, 0.05) is 12.3 Å². The van der Waals surface area contributed by atoms with Crippen LogP contribution in [0.2, 0.25) is 0 Å². The van der Waals surface area contributed by atoms with Gasteiger partial charge in [0.15, 0.2) is 0 Å². The summed E-state index contributed by atoms with van der Waals surface area (Å²) in [7, 11) is 0. The molecule has 0 aliphatic carbocycles. The van der Waals surface area contributed by atoms with Gasteiger partial charge in [0.2, 0.25) is 0 Å². The maximum Gasteiger partial charge on any atom is 0.144 e. The first-order chi connectivity index (χ1) is 4.47. The minimum Gasteiger partial charge on any atom is -0.262 e. The molecule has 0 aromatic carbocycles. The van der Waals surface area contributed by atoms with E-state index in [-0.39, 0.29) is 0 Å². The molecule has 2 rings (SSSR count). The molecule has 4 nitrogen and oxygen atoms in total. The lowest BCUT2D eigenvalue weighted by molar-refractivity contribution is 0.723. The largest absolute Gasteiger partial charge is 0.262 e. The molecule has 0 amide bonds. The van der Waals surface area contributed by atoms with Crippen molar-refractivity contribution in [3.8, 4) is 0 Å². The van der Waals surface area contributed by atoms with Crippen molar-refractivity contribution in [2.24, 2.45) is 5.10 Å². The Balaban J connectivity index is 2.46. The smallest absolute Gasteiger partial charge is 0.144 e. The monoisotopic (exact) mass is 122 g/mol. The highest BCUT2D eigenvalue weighted by Crippen LogP contribution is 2.06.